The van der Waals surface area contributed by atoms with Crippen molar-refractivity contribution < 1.29 is 0 Å². The Morgan fingerprint density at radius 1 is 1.00 bits per heavy atom. The van der Waals surface area contributed by atoms with E-state index in [9.17, 15) is 4.79 Å². The second-order valence-corrected chi connectivity index (χ2v) is 7.20. The van der Waals surface area contributed by atoms with Crippen LogP contribution in [0.4, 0.5) is 0 Å². The number of hydrogen-bond acceptors (Lipinski definition) is 3. The van der Waals surface area contributed by atoms with Crippen LogP contribution in [0.25, 0.3) is 16.6 Å². The highest BCUT2D eigenvalue weighted by Crippen LogP contribution is 2.20. The van der Waals surface area contributed by atoms with Crippen LogP contribution in [0.1, 0.15) is 22.4 Å². The molecule has 2 aromatic heterocycles. The Bertz CT molecular complexity index is 1210. The van der Waals surface area contributed by atoms with Gasteiger partial charge >= 0.3 is 0 Å². The summed E-state index contributed by atoms with van der Waals surface area (Å²) in [6.07, 6.45) is 1.71. The highest BCUT2D eigenvalue weighted by molar-refractivity contribution is 6.30. The van der Waals surface area contributed by atoms with Gasteiger partial charge in [-0.3, -0.25) is 4.79 Å². The molecule has 2 heterocycles. The highest BCUT2D eigenvalue weighted by atomic mass is 35.5. The SMILES string of the molecule is Cc1ccc(-n2ncc3c(C)nn(Cc4ccc(Cl)cc4)c(=O)c32)cc1C. The predicted octanol–water partition coefficient (Wildman–Crippen LogP) is 4.21. The van der Waals surface area contributed by atoms with Crippen molar-refractivity contribution >= 4 is 22.5 Å². The van der Waals surface area contributed by atoms with Crippen LogP contribution < -0.4 is 5.56 Å². The largest absolute Gasteiger partial charge is 0.293 e. The van der Waals surface area contributed by atoms with Crippen LogP contribution in [0.15, 0.2) is 53.5 Å². The third kappa shape index (κ3) is 3.15. The fourth-order valence-corrected chi connectivity index (χ4v) is 3.27. The second-order valence-electron chi connectivity index (χ2n) is 6.76. The van der Waals surface area contributed by atoms with E-state index in [2.05, 4.69) is 24.0 Å². The molecule has 0 spiro atoms. The molecule has 0 N–H and O–H groups in total. The zero-order valence-electron chi connectivity index (χ0n) is 15.4. The fourth-order valence-electron chi connectivity index (χ4n) is 3.14. The van der Waals surface area contributed by atoms with Gasteiger partial charge in [0.25, 0.3) is 5.56 Å². The lowest BCUT2D eigenvalue weighted by Gasteiger charge is -2.10. The van der Waals surface area contributed by atoms with Crippen LogP contribution in [-0.4, -0.2) is 19.6 Å². The Hall–Kier alpha value is -2.92. The average Bonchev–Trinajstić information content (AvgIpc) is 3.09. The van der Waals surface area contributed by atoms with Gasteiger partial charge in [-0.25, -0.2) is 9.36 Å². The molecule has 0 saturated carbocycles. The molecular formula is C21H19ClN4O. The van der Waals surface area contributed by atoms with Gasteiger partial charge in [-0.05, 0) is 61.7 Å². The first kappa shape index (κ1) is 17.5. The van der Waals surface area contributed by atoms with Crippen molar-refractivity contribution in [2.75, 3.05) is 0 Å². The van der Waals surface area contributed by atoms with Gasteiger partial charge in [0.2, 0.25) is 0 Å². The first-order valence-electron chi connectivity index (χ1n) is 8.71. The minimum atomic E-state index is -0.165. The van der Waals surface area contributed by atoms with Crippen molar-refractivity contribution in [2.45, 2.75) is 27.3 Å². The van der Waals surface area contributed by atoms with E-state index in [1.54, 1.807) is 10.9 Å². The van der Waals surface area contributed by atoms with Crippen LogP contribution >= 0.6 is 11.6 Å². The summed E-state index contributed by atoms with van der Waals surface area (Å²) in [6.45, 7) is 6.39. The lowest BCUT2D eigenvalue weighted by Crippen LogP contribution is -2.26. The Morgan fingerprint density at radius 3 is 2.44 bits per heavy atom. The molecule has 0 amide bonds. The molecule has 0 saturated heterocycles. The molecule has 0 aliphatic carbocycles. The van der Waals surface area contributed by atoms with Crippen molar-refractivity contribution in [3.8, 4) is 5.69 Å². The summed E-state index contributed by atoms with van der Waals surface area (Å²) in [6, 6.07) is 13.5. The summed E-state index contributed by atoms with van der Waals surface area (Å²) in [5.74, 6) is 0. The topological polar surface area (TPSA) is 52.7 Å². The molecule has 0 atom stereocenters. The van der Waals surface area contributed by atoms with E-state index in [0.29, 0.717) is 17.1 Å². The van der Waals surface area contributed by atoms with Gasteiger partial charge < -0.3 is 0 Å². The number of fused-ring (bicyclic) bond motifs is 1. The quantitative estimate of drug-likeness (QED) is 0.536. The molecule has 0 unspecified atom stereocenters. The molecule has 0 bridgehead atoms. The third-order valence-electron chi connectivity index (χ3n) is 4.85. The third-order valence-corrected chi connectivity index (χ3v) is 5.10. The van der Waals surface area contributed by atoms with Crippen LogP contribution in [0.5, 0.6) is 0 Å². The highest BCUT2D eigenvalue weighted by Gasteiger charge is 2.15. The zero-order valence-corrected chi connectivity index (χ0v) is 16.2. The van der Waals surface area contributed by atoms with Gasteiger partial charge in [-0.15, -0.1) is 0 Å². The van der Waals surface area contributed by atoms with Crippen molar-refractivity contribution in [2.24, 2.45) is 0 Å². The Balaban J connectivity index is 1.88. The van der Waals surface area contributed by atoms with Crippen molar-refractivity contribution in [1.82, 2.24) is 19.6 Å². The van der Waals surface area contributed by atoms with E-state index >= 15 is 0 Å². The summed E-state index contributed by atoms with van der Waals surface area (Å²) in [5, 5.41) is 10.4. The van der Waals surface area contributed by atoms with Gasteiger partial charge in [-0.2, -0.15) is 10.2 Å². The zero-order chi connectivity index (χ0) is 19.1. The standard InChI is InChI=1S/C21H19ClN4O/c1-13-4-9-18(10-14(13)2)26-20-19(11-23-26)15(3)24-25(21(20)27)12-16-5-7-17(22)8-6-16/h4-11H,12H2,1-3H3. The van der Waals surface area contributed by atoms with Gasteiger partial charge in [0.15, 0.2) is 0 Å². The number of halogens is 1. The molecule has 27 heavy (non-hydrogen) atoms. The van der Waals surface area contributed by atoms with E-state index in [4.69, 9.17) is 11.6 Å². The maximum absolute atomic E-state index is 13.2. The van der Waals surface area contributed by atoms with E-state index in [1.807, 2.05) is 49.4 Å². The predicted molar refractivity (Wildman–Crippen MR) is 108 cm³/mol. The summed E-state index contributed by atoms with van der Waals surface area (Å²) in [5.41, 5.74) is 5.34. The Labute approximate surface area is 161 Å². The van der Waals surface area contributed by atoms with Crippen LogP contribution in [0, 0.1) is 20.8 Å². The van der Waals surface area contributed by atoms with Gasteiger partial charge in [0.1, 0.15) is 5.52 Å². The van der Waals surface area contributed by atoms with Gasteiger partial charge in [0, 0.05) is 10.4 Å². The van der Waals surface area contributed by atoms with E-state index in [1.165, 1.54) is 10.2 Å². The molecule has 0 aliphatic rings. The number of nitrogens with zero attached hydrogens (tertiary/aromatic N) is 4. The molecule has 0 radical (unpaired) electrons. The molecule has 0 aliphatic heterocycles. The number of aryl methyl sites for hydroxylation is 3. The van der Waals surface area contributed by atoms with E-state index in [-0.39, 0.29) is 5.56 Å². The molecule has 4 aromatic rings. The lowest BCUT2D eigenvalue weighted by molar-refractivity contribution is 0.634. The number of rotatable bonds is 3. The van der Waals surface area contributed by atoms with Crippen LogP contribution in [0.3, 0.4) is 0 Å². The van der Waals surface area contributed by atoms with Gasteiger partial charge in [0.05, 0.1) is 24.1 Å². The number of benzene rings is 2. The second kappa shape index (κ2) is 6.67. The molecule has 6 heteroatoms. The smallest absolute Gasteiger partial charge is 0.265 e. The van der Waals surface area contributed by atoms with Crippen LogP contribution in [0.2, 0.25) is 5.02 Å². The van der Waals surface area contributed by atoms with Gasteiger partial charge in [-0.1, -0.05) is 29.8 Å². The minimum Gasteiger partial charge on any atom is -0.265 e. The van der Waals surface area contributed by atoms with E-state index in [0.717, 1.165) is 27.9 Å². The Kier molecular flexibility index (Phi) is 4.32. The summed E-state index contributed by atoms with van der Waals surface area (Å²) in [7, 11) is 0. The monoisotopic (exact) mass is 378 g/mol. The van der Waals surface area contributed by atoms with Crippen molar-refractivity contribution in [3.63, 3.8) is 0 Å². The van der Waals surface area contributed by atoms with E-state index < -0.39 is 0 Å². The van der Waals surface area contributed by atoms with Crippen LogP contribution in [-0.2, 0) is 6.54 Å². The molecule has 136 valence electrons. The molecule has 0 fully saturated rings. The maximum Gasteiger partial charge on any atom is 0.293 e. The lowest BCUT2D eigenvalue weighted by atomic mass is 10.1. The summed E-state index contributed by atoms with van der Waals surface area (Å²) >= 11 is 5.95. The number of aromatic nitrogens is 4. The summed E-state index contributed by atoms with van der Waals surface area (Å²) < 4.78 is 3.19. The van der Waals surface area contributed by atoms with Crippen molar-refractivity contribution in [1.29, 1.82) is 0 Å². The molecular weight excluding hydrogens is 360 g/mol. The Morgan fingerprint density at radius 2 is 1.74 bits per heavy atom. The number of hydrogen-bond donors (Lipinski definition) is 0. The minimum absolute atomic E-state index is 0.165. The van der Waals surface area contributed by atoms with Crippen molar-refractivity contribution in [3.05, 3.63) is 86.4 Å². The summed E-state index contributed by atoms with van der Waals surface area (Å²) in [4.78, 5) is 13.2. The first-order valence-corrected chi connectivity index (χ1v) is 9.09. The fraction of sp³-hybridized carbons (Fsp3) is 0.190. The normalized spacial score (nSPS) is 11.3. The first-order chi connectivity index (χ1) is 12.9. The average molecular weight is 379 g/mol. The molecule has 4 rings (SSSR count). The maximum atomic E-state index is 13.2. The molecule has 5 nitrogen and oxygen atoms in total. The molecule has 2 aromatic carbocycles.